The van der Waals surface area contributed by atoms with Crippen molar-refractivity contribution in [1.29, 1.82) is 0 Å². The molecular weight excluding hydrogens is 248 g/mol. The van der Waals surface area contributed by atoms with Gasteiger partial charge in [0.05, 0.1) is 12.2 Å². The van der Waals surface area contributed by atoms with Gasteiger partial charge in [-0.15, -0.1) is 0 Å². The first-order chi connectivity index (χ1) is 6.72. The molecule has 1 aliphatic heterocycles. The molecule has 0 fully saturated rings. The van der Waals surface area contributed by atoms with E-state index in [0.717, 1.165) is 10.0 Å². The number of hydrogen-bond acceptors (Lipinski definition) is 3. The van der Waals surface area contributed by atoms with Crippen LogP contribution in [0, 0.1) is 0 Å². The zero-order valence-electron chi connectivity index (χ0n) is 7.62. The lowest BCUT2D eigenvalue weighted by Gasteiger charge is -2.08. The minimum Gasteiger partial charge on any atom is -0.451 e. The van der Waals surface area contributed by atoms with E-state index in [4.69, 9.17) is 9.47 Å². The lowest BCUT2D eigenvalue weighted by atomic mass is 10.1. The van der Waals surface area contributed by atoms with Gasteiger partial charge in [0.1, 0.15) is 0 Å². The fraction of sp³-hybridized carbons (Fsp3) is 0.300. The van der Waals surface area contributed by atoms with Crippen LogP contribution in [0.3, 0.4) is 0 Å². The van der Waals surface area contributed by atoms with Gasteiger partial charge in [-0.25, -0.2) is 4.79 Å². The van der Waals surface area contributed by atoms with Crippen LogP contribution in [0.25, 0.3) is 0 Å². The summed E-state index contributed by atoms with van der Waals surface area (Å²) in [7, 11) is 1.59. The topological polar surface area (TPSA) is 35.5 Å². The molecule has 1 aromatic rings. The van der Waals surface area contributed by atoms with Crippen LogP contribution in [-0.2, 0) is 9.47 Å². The van der Waals surface area contributed by atoms with Crippen molar-refractivity contribution in [2.24, 2.45) is 0 Å². The first-order valence-electron chi connectivity index (χ1n) is 4.21. The van der Waals surface area contributed by atoms with Gasteiger partial charge in [0.25, 0.3) is 0 Å². The van der Waals surface area contributed by atoms with E-state index in [1.54, 1.807) is 13.2 Å². The molecule has 0 amide bonds. The van der Waals surface area contributed by atoms with E-state index < -0.39 is 0 Å². The highest BCUT2D eigenvalue weighted by Crippen LogP contribution is 2.32. The number of hydrogen-bond donors (Lipinski definition) is 0. The van der Waals surface area contributed by atoms with Crippen molar-refractivity contribution >= 4 is 21.9 Å². The highest BCUT2D eigenvalue weighted by Gasteiger charge is 2.30. The predicted molar refractivity (Wildman–Crippen MR) is 54.2 cm³/mol. The zero-order chi connectivity index (χ0) is 10.1. The number of carbonyl (C=O) groups excluding carboxylic acids is 1. The molecule has 1 heterocycles. The predicted octanol–water partition coefficient (Wildman–Crippen LogP) is 2.31. The minimum absolute atomic E-state index is 0.264. The van der Waals surface area contributed by atoms with Gasteiger partial charge in [-0.1, -0.05) is 15.9 Å². The number of fused-ring (bicyclic) bond motifs is 1. The van der Waals surface area contributed by atoms with Gasteiger partial charge in [0.15, 0.2) is 6.10 Å². The van der Waals surface area contributed by atoms with Gasteiger partial charge < -0.3 is 9.47 Å². The normalized spacial score (nSPS) is 19.3. The molecule has 1 aromatic carbocycles. The van der Waals surface area contributed by atoms with Crippen molar-refractivity contribution in [2.45, 2.75) is 6.10 Å². The smallest absolute Gasteiger partial charge is 0.339 e. The van der Waals surface area contributed by atoms with Crippen LogP contribution < -0.4 is 0 Å². The third kappa shape index (κ3) is 1.55. The number of halogens is 1. The molecule has 2 rings (SSSR count). The van der Waals surface area contributed by atoms with Crippen LogP contribution in [0.15, 0.2) is 22.7 Å². The second-order valence-corrected chi connectivity index (χ2v) is 4.00. The summed E-state index contributed by atoms with van der Waals surface area (Å²) in [6, 6.07) is 5.48. The quantitative estimate of drug-likeness (QED) is 0.762. The lowest BCUT2D eigenvalue weighted by Crippen LogP contribution is -2.05. The van der Waals surface area contributed by atoms with Crippen LogP contribution in [-0.4, -0.2) is 19.7 Å². The standard InChI is InChI=1S/C10H9BrO3/c1-13-5-9-8-4-6(11)2-3-7(8)10(12)14-9/h2-4,9H,5H2,1H3. The van der Waals surface area contributed by atoms with Crippen LogP contribution >= 0.6 is 15.9 Å². The summed E-state index contributed by atoms with van der Waals surface area (Å²) in [6.07, 6.45) is -0.264. The van der Waals surface area contributed by atoms with Crippen LogP contribution in [0.1, 0.15) is 22.0 Å². The Morgan fingerprint density at radius 2 is 2.36 bits per heavy atom. The van der Waals surface area contributed by atoms with E-state index in [0.29, 0.717) is 12.2 Å². The van der Waals surface area contributed by atoms with E-state index in [1.807, 2.05) is 12.1 Å². The summed E-state index contributed by atoms with van der Waals surface area (Å²) >= 11 is 3.36. The number of methoxy groups -OCH3 is 1. The summed E-state index contributed by atoms with van der Waals surface area (Å²) in [4.78, 5) is 11.4. The summed E-state index contributed by atoms with van der Waals surface area (Å²) < 4.78 is 11.1. The summed E-state index contributed by atoms with van der Waals surface area (Å²) in [5.41, 5.74) is 1.53. The van der Waals surface area contributed by atoms with E-state index in [2.05, 4.69) is 15.9 Å². The maximum Gasteiger partial charge on any atom is 0.339 e. The molecule has 1 atom stereocenters. The Balaban J connectivity index is 2.40. The molecular formula is C10H9BrO3. The van der Waals surface area contributed by atoms with Crippen molar-refractivity contribution in [2.75, 3.05) is 13.7 Å². The fourth-order valence-electron chi connectivity index (χ4n) is 1.52. The summed E-state index contributed by atoms with van der Waals surface area (Å²) in [5.74, 6) is -0.269. The number of cyclic esters (lactones) is 1. The first-order valence-corrected chi connectivity index (χ1v) is 5.01. The molecule has 0 aliphatic carbocycles. The third-order valence-electron chi connectivity index (χ3n) is 2.15. The van der Waals surface area contributed by atoms with Crippen molar-refractivity contribution in [3.05, 3.63) is 33.8 Å². The number of carbonyl (C=O) groups is 1. The second kappa shape index (κ2) is 3.71. The molecule has 3 nitrogen and oxygen atoms in total. The Labute approximate surface area is 90.1 Å². The molecule has 1 unspecified atom stereocenters. The van der Waals surface area contributed by atoms with Crippen molar-refractivity contribution in [3.8, 4) is 0 Å². The van der Waals surface area contributed by atoms with E-state index in [-0.39, 0.29) is 12.1 Å². The SMILES string of the molecule is COCC1OC(=O)c2ccc(Br)cc21. The Hall–Kier alpha value is -0.870. The molecule has 4 heteroatoms. The second-order valence-electron chi connectivity index (χ2n) is 3.08. The minimum atomic E-state index is -0.269. The van der Waals surface area contributed by atoms with Gasteiger partial charge in [-0.05, 0) is 18.2 Å². The molecule has 74 valence electrons. The molecule has 0 spiro atoms. The number of rotatable bonds is 2. The van der Waals surface area contributed by atoms with Crippen LogP contribution in [0.5, 0.6) is 0 Å². The monoisotopic (exact) mass is 256 g/mol. The summed E-state index contributed by atoms with van der Waals surface area (Å²) in [5, 5.41) is 0. The number of esters is 1. The average Bonchev–Trinajstić information content (AvgIpc) is 2.44. The highest BCUT2D eigenvalue weighted by molar-refractivity contribution is 9.10. The van der Waals surface area contributed by atoms with Gasteiger partial charge in [-0.2, -0.15) is 0 Å². The third-order valence-corrected chi connectivity index (χ3v) is 2.64. The first kappa shape index (κ1) is 9.68. The maximum atomic E-state index is 11.4. The Kier molecular flexibility index (Phi) is 2.56. The highest BCUT2D eigenvalue weighted by atomic mass is 79.9. The van der Waals surface area contributed by atoms with E-state index >= 15 is 0 Å². The zero-order valence-corrected chi connectivity index (χ0v) is 9.21. The molecule has 14 heavy (non-hydrogen) atoms. The van der Waals surface area contributed by atoms with E-state index in [9.17, 15) is 4.79 Å². The number of ether oxygens (including phenoxy) is 2. The van der Waals surface area contributed by atoms with Gasteiger partial charge in [0.2, 0.25) is 0 Å². The molecule has 1 aliphatic rings. The summed E-state index contributed by atoms with van der Waals surface area (Å²) in [6.45, 7) is 0.398. The van der Waals surface area contributed by atoms with Crippen molar-refractivity contribution in [1.82, 2.24) is 0 Å². The van der Waals surface area contributed by atoms with E-state index in [1.165, 1.54) is 0 Å². The number of benzene rings is 1. The largest absolute Gasteiger partial charge is 0.451 e. The average molecular weight is 257 g/mol. The van der Waals surface area contributed by atoms with Crippen molar-refractivity contribution < 1.29 is 14.3 Å². The van der Waals surface area contributed by atoms with Gasteiger partial charge in [0, 0.05) is 17.1 Å². The Morgan fingerprint density at radius 1 is 1.57 bits per heavy atom. The molecule has 0 saturated heterocycles. The maximum absolute atomic E-state index is 11.4. The van der Waals surface area contributed by atoms with Crippen LogP contribution in [0.2, 0.25) is 0 Å². The van der Waals surface area contributed by atoms with Gasteiger partial charge >= 0.3 is 5.97 Å². The van der Waals surface area contributed by atoms with Crippen molar-refractivity contribution in [3.63, 3.8) is 0 Å². The molecule has 0 bridgehead atoms. The van der Waals surface area contributed by atoms with Crippen LogP contribution in [0.4, 0.5) is 0 Å². The lowest BCUT2D eigenvalue weighted by molar-refractivity contribution is 0.0152. The molecule has 0 saturated carbocycles. The Bertz CT molecular complexity index is 376. The fourth-order valence-corrected chi connectivity index (χ4v) is 1.90. The Morgan fingerprint density at radius 3 is 3.07 bits per heavy atom. The molecule has 0 aromatic heterocycles. The molecule has 0 radical (unpaired) electrons. The van der Waals surface area contributed by atoms with Gasteiger partial charge in [-0.3, -0.25) is 0 Å². The molecule has 0 N–H and O–H groups in total.